The molecule has 1 N–H and O–H groups in total. The number of hydrogen-bond donors (Lipinski definition) is 1. The number of para-hydroxylation sites is 1. The second-order valence-corrected chi connectivity index (χ2v) is 6.15. The van der Waals surface area contributed by atoms with Gasteiger partial charge >= 0.3 is 6.03 Å². The van der Waals surface area contributed by atoms with Crippen LogP contribution in [0.3, 0.4) is 0 Å². The molecule has 0 bridgehead atoms. The molecule has 1 saturated heterocycles. The molecule has 3 rings (SSSR count). The average molecular weight is 340 g/mol. The third-order valence-corrected chi connectivity index (χ3v) is 4.29. The number of likely N-dealkylation sites (N-methyl/N-ethyl adjacent to an activating group) is 1. The quantitative estimate of drug-likeness (QED) is 0.877. The molecule has 0 spiro atoms. The number of rotatable bonds is 6. The van der Waals surface area contributed by atoms with Crippen molar-refractivity contribution in [2.24, 2.45) is 0 Å². The summed E-state index contributed by atoms with van der Waals surface area (Å²) in [4.78, 5) is 20.3. The molecule has 1 aromatic carbocycles. The first kappa shape index (κ1) is 17.1. The summed E-state index contributed by atoms with van der Waals surface area (Å²) in [6, 6.07) is 13.8. The molecule has 1 unspecified atom stereocenters. The van der Waals surface area contributed by atoms with Crippen molar-refractivity contribution in [2.75, 3.05) is 38.1 Å². The molecule has 2 aromatic rings. The van der Waals surface area contributed by atoms with Crippen LogP contribution in [0.25, 0.3) is 0 Å². The van der Waals surface area contributed by atoms with Crippen molar-refractivity contribution in [3.05, 3.63) is 54.9 Å². The maximum absolute atomic E-state index is 12.3. The number of benzene rings is 1. The van der Waals surface area contributed by atoms with E-state index < -0.39 is 0 Å². The Morgan fingerprint density at radius 3 is 2.92 bits per heavy atom. The van der Waals surface area contributed by atoms with Crippen LogP contribution in [-0.2, 0) is 0 Å². The molecule has 1 atom stereocenters. The second-order valence-electron chi connectivity index (χ2n) is 6.15. The van der Waals surface area contributed by atoms with Gasteiger partial charge in [0.1, 0.15) is 11.9 Å². The fraction of sp³-hybridized carbons (Fsp3) is 0.368. The van der Waals surface area contributed by atoms with Gasteiger partial charge in [0.05, 0.1) is 12.7 Å². The Morgan fingerprint density at radius 2 is 2.16 bits per heavy atom. The van der Waals surface area contributed by atoms with Crippen molar-refractivity contribution >= 4 is 11.7 Å². The van der Waals surface area contributed by atoms with Crippen LogP contribution in [0.2, 0.25) is 0 Å². The molecule has 132 valence electrons. The number of carbonyl (C=O) groups excluding carboxylic acids is 1. The predicted octanol–water partition coefficient (Wildman–Crippen LogP) is 2.38. The van der Waals surface area contributed by atoms with Crippen LogP contribution in [0.4, 0.5) is 10.5 Å². The minimum Gasteiger partial charge on any atom is -0.487 e. The van der Waals surface area contributed by atoms with Gasteiger partial charge in [-0.15, -0.1) is 0 Å². The Kier molecular flexibility index (Phi) is 5.72. The summed E-state index contributed by atoms with van der Waals surface area (Å²) >= 11 is 0. The zero-order chi connectivity index (χ0) is 17.5. The third-order valence-electron chi connectivity index (χ3n) is 4.29. The fourth-order valence-electron chi connectivity index (χ4n) is 2.87. The van der Waals surface area contributed by atoms with Gasteiger partial charge in [-0.3, -0.25) is 4.98 Å². The van der Waals surface area contributed by atoms with Gasteiger partial charge in [-0.05, 0) is 24.3 Å². The first-order valence-electron chi connectivity index (χ1n) is 8.58. The number of amides is 2. The maximum Gasteiger partial charge on any atom is 0.317 e. The number of likely N-dealkylation sites (tertiary alicyclic amines) is 1. The van der Waals surface area contributed by atoms with E-state index in [1.165, 1.54) is 0 Å². The number of hydrogen-bond acceptors (Lipinski definition) is 4. The summed E-state index contributed by atoms with van der Waals surface area (Å²) in [7, 11) is 2.02. The van der Waals surface area contributed by atoms with Gasteiger partial charge in [0, 0.05) is 45.0 Å². The van der Waals surface area contributed by atoms with E-state index in [0.29, 0.717) is 19.6 Å². The summed E-state index contributed by atoms with van der Waals surface area (Å²) in [5, 5.41) is 2.99. The predicted molar refractivity (Wildman–Crippen MR) is 98.0 cm³/mol. The summed E-state index contributed by atoms with van der Waals surface area (Å²) in [6.07, 6.45) is 4.28. The smallest absolute Gasteiger partial charge is 0.317 e. The highest BCUT2D eigenvalue weighted by molar-refractivity contribution is 5.74. The number of urea groups is 1. The minimum absolute atomic E-state index is 0.0289. The van der Waals surface area contributed by atoms with E-state index in [2.05, 4.69) is 27.3 Å². The van der Waals surface area contributed by atoms with E-state index in [9.17, 15) is 4.79 Å². The van der Waals surface area contributed by atoms with E-state index in [1.54, 1.807) is 12.4 Å². The molecule has 2 heterocycles. The number of carbonyl (C=O) groups is 1. The molecular weight excluding hydrogens is 316 g/mol. The third kappa shape index (κ3) is 4.86. The highest BCUT2D eigenvalue weighted by Crippen LogP contribution is 2.17. The van der Waals surface area contributed by atoms with Gasteiger partial charge in [-0.25, -0.2) is 4.79 Å². The van der Waals surface area contributed by atoms with Crippen molar-refractivity contribution in [2.45, 2.75) is 12.5 Å². The Hall–Kier alpha value is -2.76. The number of pyridine rings is 1. The Labute approximate surface area is 148 Å². The highest BCUT2D eigenvalue weighted by atomic mass is 16.5. The topological polar surface area (TPSA) is 57.7 Å². The van der Waals surface area contributed by atoms with Gasteiger partial charge in [0.15, 0.2) is 0 Å². The number of aromatic nitrogens is 1. The van der Waals surface area contributed by atoms with Crippen molar-refractivity contribution in [1.82, 2.24) is 15.2 Å². The minimum atomic E-state index is -0.0289. The standard InChI is InChI=1S/C19H24N4O2/c1-22(16-6-3-2-4-7-16)13-11-21-19(24)23-12-9-18(15-23)25-17-8-5-10-20-14-17/h2-8,10,14,18H,9,11-13,15H2,1H3,(H,21,24). The van der Waals surface area contributed by atoms with E-state index in [-0.39, 0.29) is 12.1 Å². The van der Waals surface area contributed by atoms with Crippen molar-refractivity contribution in [3.8, 4) is 5.75 Å². The molecule has 6 heteroatoms. The lowest BCUT2D eigenvalue weighted by Crippen LogP contribution is -2.42. The number of nitrogens with one attached hydrogen (secondary N) is 1. The number of anilines is 1. The number of ether oxygens (including phenoxy) is 1. The van der Waals surface area contributed by atoms with Crippen LogP contribution in [0.1, 0.15) is 6.42 Å². The molecule has 0 radical (unpaired) electrons. The number of nitrogens with zero attached hydrogens (tertiary/aromatic N) is 3. The van der Waals surface area contributed by atoms with Crippen LogP contribution < -0.4 is 15.0 Å². The average Bonchev–Trinajstić information content (AvgIpc) is 3.12. The molecular formula is C19H24N4O2. The lowest BCUT2D eigenvalue weighted by molar-refractivity contribution is 0.187. The van der Waals surface area contributed by atoms with Gasteiger partial charge < -0.3 is 19.9 Å². The molecule has 1 aliphatic rings. The Morgan fingerprint density at radius 1 is 1.32 bits per heavy atom. The van der Waals surface area contributed by atoms with Gasteiger partial charge in [0.2, 0.25) is 0 Å². The first-order valence-corrected chi connectivity index (χ1v) is 8.58. The SMILES string of the molecule is CN(CCNC(=O)N1CCC(Oc2cccnc2)C1)c1ccccc1. The zero-order valence-corrected chi connectivity index (χ0v) is 14.5. The van der Waals surface area contributed by atoms with Crippen molar-refractivity contribution < 1.29 is 9.53 Å². The molecule has 2 amide bonds. The molecule has 1 fully saturated rings. The summed E-state index contributed by atoms with van der Waals surface area (Å²) in [5.74, 6) is 0.749. The van der Waals surface area contributed by atoms with Gasteiger partial charge in [-0.2, -0.15) is 0 Å². The molecule has 25 heavy (non-hydrogen) atoms. The van der Waals surface area contributed by atoms with E-state index in [1.807, 2.05) is 42.3 Å². The molecule has 0 aliphatic carbocycles. The second kappa shape index (κ2) is 8.37. The Balaban J connectivity index is 1.39. The van der Waals surface area contributed by atoms with Crippen molar-refractivity contribution in [1.29, 1.82) is 0 Å². The summed E-state index contributed by atoms with van der Waals surface area (Å²) < 4.78 is 5.86. The van der Waals surface area contributed by atoms with Gasteiger partial charge in [0.25, 0.3) is 0 Å². The summed E-state index contributed by atoms with van der Waals surface area (Å²) in [6.45, 7) is 2.69. The van der Waals surface area contributed by atoms with Gasteiger partial charge in [-0.1, -0.05) is 18.2 Å². The highest BCUT2D eigenvalue weighted by Gasteiger charge is 2.27. The van der Waals surface area contributed by atoms with Crippen molar-refractivity contribution in [3.63, 3.8) is 0 Å². The monoisotopic (exact) mass is 340 g/mol. The largest absolute Gasteiger partial charge is 0.487 e. The zero-order valence-electron chi connectivity index (χ0n) is 14.5. The molecule has 0 saturated carbocycles. The molecule has 1 aromatic heterocycles. The summed E-state index contributed by atoms with van der Waals surface area (Å²) in [5.41, 5.74) is 1.14. The lowest BCUT2D eigenvalue weighted by Gasteiger charge is -2.21. The lowest BCUT2D eigenvalue weighted by atomic mass is 10.3. The molecule has 6 nitrogen and oxygen atoms in total. The molecule has 1 aliphatic heterocycles. The maximum atomic E-state index is 12.3. The normalized spacial score (nSPS) is 16.5. The van der Waals surface area contributed by atoms with E-state index in [0.717, 1.165) is 24.4 Å². The van der Waals surface area contributed by atoms with E-state index in [4.69, 9.17) is 4.74 Å². The van der Waals surface area contributed by atoms with Crippen LogP contribution in [0.15, 0.2) is 54.9 Å². The Bertz CT molecular complexity index is 666. The van der Waals surface area contributed by atoms with Crippen LogP contribution in [0.5, 0.6) is 5.75 Å². The first-order chi connectivity index (χ1) is 12.2. The van der Waals surface area contributed by atoms with Crippen LogP contribution in [0, 0.1) is 0 Å². The van der Waals surface area contributed by atoms with Crippen LogP contribution >= 0.6 is 0 Å². The van der Waals surface area contributed by atoms with E-state index >= 15 is 0 Å². The fourth-order valence-corrected chi connectivity index (χ4v) is 2.87. The van der Waals surface area contributed by atoms with Crippen LogP contribution in [-0.4, -0.2) is 55.2 Å².